The van der Waals surface area contributed by atoms with Gasteiger partial charge in [0, 0.05) is 13.1 Å². The molecule has 0 aromatic carbocycles. The fourth-order valence-corrected chi connectivity index (χ4v) is 2.13. The molecule has 1 aliphatic rings. The first kappa shape index (κ1) is 12.8. The molecule has 2 amide bonds. The molecule has 1 saturated heterocycles. The number of carbonyl (C=O) groups is 1. The van der Waals surface area contributed by atoms with Crippen LogP contribution in [0, 0.1) is 11.8 Å². The lowest BCUT2D eigenvalue weighted by Gasteiger charge is -2.26. The maximum absolute atomic E-state index is 11.8. The molecule has 1 aliphatic heterocycles. The van der Waals surface area contributed by atoms with Crippen molar-refractivity contribution in [3.8, 4) is 11.8 Å². The molecule has 96 valence electrons. The van der Waals surface area contributed by atoms with Crippen LogP contribution in [0.3, 0.4) is 0 Å². The maximum atomic E-state index is 11.8. The standard InChI is InChI=1S/C11H13N3O3S/c15-5-1-2-9-8-12-10(18-9)13-11(16)14-3-6-17-7-4-14/h8,15H,3-7H2,(H,12,13,16). The van der Waals surface area contributed by atoms with E-state index in [4.69, 9.17) is 9.84 Å². The highest BCUT2D eigenvalue weighted by Gasteiger charge is 2.17. The minimum Gasteiger partial charge on any atom is -0.384 e. The van der Waals surface area contributed by atoms with Gasteiger partial charge in [-0.25, -0.2) is 9.78 Å². The molecule has 6 nitrogen and oxygen atoms in total. The summed E-state index contributed by atoms with van der Waals surface area (Å²) in [6, 6.07) is -0.172. The minimum absolute atomic E-state index is 0.172. The summed E-state index contributed by atoms with van der Waals surface area (Å²) in [7, 11) is 0. The van der Waals surface area contributed by atoms with Crippen molar-refractivity contribution in [1.29, 1.82) is 0 Å². The number of hydrogen-bond acceptors (Lipinski definition) is 5. The number of nitrogens with one attached hydrogen (secondary N) is 1. The second kappa shape index (κ2) is 6.35. The van der Waals surface area contributed by atoms with E-state index in [1.165, 1.54) is 11.3 Å². The second-order valence-corrected chi connectivity index (χ2v) is 4.55. The summed E-state index contributed by atoms with van der Waals surface area (Å²) in [5, 5.41) is 11.8. The van der Waals surface area contributed by atoms with Crippen LogP contribution < -0.4 is 5.32 Å². The maximum Gasteiger partial charge on any atom is 0.323 e. The fourth-order valence-electron chi connectivity index (χ4n) is 1.45. The SMILES string of the molecule is O=C(Nc1ncc(C#CCO)s1)N1CCOCC1. The van der Waals surface area contributed by atoms with Gasteiger partial charge in [0.05, 0.1) is 24.3 Å². The van der Waals surface area contributed by atoms with Gasteiger partial charge in [0.1, 0.15) is 6.61 Å². The van der Waals surface area contributed by atoms with Crippen LogP contribution in [-0.2, 0) is 4.74 Å². The summed E-state index contributed by atoms with van der Waals surface area (Å²) >= 11 is 1.28. The van der Waals surface area contributed by atoms with Crippen molar-refractivity contribution in [2.45, 2.75) is 0 Å². The quantitative estimate of drug-likeness (QED) is 0.720. The van der Waals surface area contributed by atoms with Gasteiger partial charge < -0.3 is 14.7 Å². The van der Waals surface area contributed by atoms with Crippen molar-refractivity contribution in [3.63, 3.8) is 0 Å². The molecule has 1 aromatic heterocycles. The highest BCUT2D eigenvalue weighted by Crippen LogP contribution is 2.17. The normalized spacial score (nSPS) is 14.8. The Labute approximate surface area is 109 Å². The van der Waals surface area contributed by atoms with Crippen LogP contribution >= 0.6 is 11.3 Å². The van der Waals surface area contributed by atoms with Gasteiger partial charge in [0.25, 0.3) is 0 Å². The van der Waals surface area contributed by atoms with Crippen LogP contribution in [0.2, 0.25) is 0 Å². The Morgan fingerprint density at radius 2 is 2.39 bits per heavy atom. The average Bonchev–Trinajstić information content (AvgIpc) is 2.85. The lowest BCUT2D eigenvalue weighted by atomic mass is 10.4. The Bertz CT molecular complexity index is 471. The van der Waals surface area contributed by atoms with E-state index < -0.39 is 0 Å². The van der Waals surface area contributed by atoms with Gasteiger partial charge in [-0.15, -0.1) is 0 Å². The summed E-state index contributed by atoms with van der Waals surface area (Å²) in [5.74, 6) is 5.27. The molecule has 0 radical (unpaired) electrons. The molecule has 0 spiro atoms. The first-order valence-electron chi connectivity index (χ1n) is 5.49. The molecule has 2 N–H and O–H groups in total. The number of morpholine rings is 1. The third-order valence-electron chi connectivity index (χ3n) is 2.31. The van der Waals surface area contributed by atoms with Crippen LogP contribution in [0.15, 0.2) is 6.20 Å². The molecule has 2 heterocycles. The van der Waals surface area contributed by atoms with E-state index in [0.717, 1.165) is 0 Å². The van der Waals surface area contributed by atoms with Gasteiger partial charge in [-0.05, 0) is 0 Å². The molecule has 0 saturated carbocycles. The molecule has 2 rings (SSSR count). The lowest BCUT2D eigenvalue weighted by molar-refractivity contribution is 0.0564. The van der Waals surface area contributed by atoms with E-state index in [2.05, 4.69) is 22.1 Å². The van der Waals surface area contributed by atoms with E-state index >= 15 is 0 Å². The van der Waals surface area contributed by atoms with Crippen LogP contribution in [0.4, 0.5) is 9.93 Å². The number of ether oxygens (including phenoxy) is 1. The number of thiazole rings is 1. The number of aromatic nitrogens is 1. The van der Waals surface area contributed by atoms with Gasteiger partial charge in [-0.3, -0.25) is 5.32 Å². The first-order chi connectivity index (χ1) is 8.79. The van der Waals surface area contributed by atoms with Crippen LogP contribution in [0.25, 0.3) is 0 Å². The molecule has 1 aromatic rings. The number of aliphatic hydroxyl groups is 1. The van der Waals surface area contributed by atoms with E-state index in [1.54, 1.807) is 11.1 Å². The summed E-state index contributed by atoms with van der Waals surface area (Å²) in [6.07, 6.45) is 1.57. The van der Waals surface area contributed by atoms with Crippen molar-refractivity contribution in [2.24, 2.45) is 0 Å². The number of amides is 2. The topological polar surface area (TPSA) is 74.7 Å². The molecule has 0 atom stereocenters. The molecule has 1 fully saturated rings. The summed E-state index contributed by atoms with van der Waals surface area (Å²) < 4.78 is 5.17. The van der Waals surface area contributed by atoms with Crippen molar-refractivity contribution in [2.75, 3.05) is 38.2 Å². The summed E-state index contributed by atoms with van der Waals surface area (Å²) in [6.45, 7) is 2.13. The van der Waals surface area contributed by atoms with Gasteiger partial charge in [0.15, 0.2) is 5.13 Å². The Hall–Kier alpha value is -1.62. The van der Waals surface area contributed by atoms with Gasteiger partial charge in [-0.2, -0.15) is 0 Å². The molecule has 7 heteroatoms. The highest BCUT2D eigenvalue weighted by atomic mass is 32.1. The molecule has 0 bridgehead atoms. The molecular weight excluding hydrogens is 254 g/mol. The van der Waals surface area contributed by atoms with E-state index in [0.29, 0.717) is 36.3 Å². The van der Waals surface area contributed by atoms with Gasteiger partial charge in [0.2, 0.25) is 0 Å². The third kappa shape index (κ3) is 3.43. The fraction of sp³-hybridized carbons (Fsp3) is 0.455. The first-order valence-corrected chi connectivity index (χ1v) is 6.30. The van der Waals surface area contributed by atoms with E-state index in [-0.39, 0.29) is 12.6 Å². The number of urea groups is 1. The zero-order chi connectivity index (χ0) is 12.8. The summed E-state index contributed by atoms with van der Waals surface area (Å²) in [4.78, 5) is 18.3. The number of rotatable bonds is 1. The lowest BCUT2D eigenvalue weighted by Crippen LogP contribution is -2.43. The van der Waals surface area contributed by atoms with Gasteiger partial charge in [-0.1, -0.05) is 23.2 Å². The molecule has 0 unspecified atom stereocenters. The number of carbonyl (C=O) groups excluding carboxylic acids is 1. The van der Waals surface area contributed by atoms with Crippen molar-refractivity contribution in [3.05, 3.63) is 11.1 Å². The summed E-state index contributed by atoms with van der Waals surface area (Å²) in [5.41, 5.74) is 0. The molecule has 18 heavy (non-hydrogen) atoms. The highest BCUT2D eigenvalue weighted by molar-refractivity contribution is 7.16. The number of hydrogen-bond donors (Lipinski definition) is 2. The predicted octanol–water partition coefficient (Wildman–Crippen LogP) is 0.351. The number of anilines is 1. The monoisotopic (exact) mass is 267 g/mol. The average molecular weight is 267 g/mol. The second-order valence-electron chi connectivity index (χ2n) is 3.52. The smallest absolute Gasteiger partial charge is 0.323 e. The van der Waals surface area contributed by atoms with Crippen LogP contribution in [0.1, 0.15) is 4.88 Å². The predicted molar refractivity (Wildman–Crippen MR) is 67.5 cm³/mol. The third-order valence-corrected chi connectivity index (χ3v) is 3.14. The van der Waals surface area contributed by atoms with E-state index in [1.807, 2.05) is 0 Å². The van der Waals surface area contributed by atoms with Gasteiger partial charge >= 0.3 is 6.03 Å². The van der Waals surface area contributed by atoms with Crippen molar-refractivity contribution < 1.29 is 14.6 Å². The number of aliphatic hydroxyl groups excluding tert-OH is 1. The molecular formula is C11H13N3O3S. The van der Waals surface area contributed by atoms with Crippen LogP contribution in [-0.4, -0.2) is 53.9 Å². The minimum atomic E-state index is -0.187. The number of nitrogens with zero attached hydrogens (tertiary/aromatic N) is 2. The van der Waals surface area contributed by atoms with Crippen molar-refractivity contribution in [1.82, 2.24) is 9.88 Å². The Morgan fingerprint density at radius 1 is 1.61 bits per heavy atom. The Kier molecular flexibility index (Phi) is 4.52. The van der Waals surface area contributed by atoms with Crippen molar-refractivity contribution >= 4 is 22.5 Å². The van der Waals surface area contributed by atoms with Crippen LogP contribution in [0.5, 0.6) is 0 Å². The Morgan fingerprint density at radius 3 is 3.11 bits per heavy atom. The molecule has 0 aliphatic carbocycles. The Balaban J connectivity index is 1.92. The zero-order valence-electron chi connectivity index (χ0n) is 9.68. The van der Waals surface area contributed by atoms with E-state index in [9.17, 15) is 4.79 Å². The largest absolute Gasteiger partial charge is 0.384 e. The zero-order valence-corrected chi connectivity index (χ0v) is 10.5.